The van der Waals surface area contributed by atoms with Gasteiger partial charge in [-0.25, -0.2) is 4.39 Å². The van der Waals surface area contributed by atoms with E-state index in [0.717, 1.165) is 28.2 Å². The molecule has 138 valence electrons. The van der Waals surface area contributed by atoms with Crippen LogP contribution in [-0.2, 0) is 7.05 Å². The van der Waals surface area contributed by atoms with Gasteiger partial charge in [0.2, 0.25) is 0 Å². The second-order valence-electron chi connectivity index (χ2n) is 6.54. The number of hydrogen-bond acceptors (Lipinski definition) is 2. The number of unbranched alkanes of at least 4 members (excludes halogenated alkanes) is 4. The van der Waals surface area contributed by atoms with Crippen molar-refractivity contribution in [2.24, 2.45) is 7.05 Å². The molecule has 0 radical (unpaired) electrons. The number of ether oxygens (including phenoxy) is 1. The summed E-state index contributed by atoms with van der Waals surface area (Å²) in [6, 6.07) is 10.9. The average Bonchev–Trinajstić information content (AvgIpc) is 2.94. The smallest absolute Gasteiger partial charge is 0.136 e. The average molecular weight is 419 g/mol. The molecule has 26 heavy (non-hydrogen) atoms. The lowest BCUT2D eigenvalue weighted by Gasteiger charge is -2.08. The molecule has 0 saturated heterocycles. The summed E-state index contributed by atoms with van der Waals surface area (Å²) in [5, 5.41) is 5.44. The van der Waals surface area contributed by atoms with Gasteiger partial charge in [0.15, 0.2) is 0 Å². The topological polar surface area (TPSA) is 27.1 Å². The lowest BCUT2D eigenvalue weighted by atomic mass is 10.1. The molecule has 0 aliphatic rings. The zero-order valence-corrected chi connectivity index (χ0v) is 16.9. The minimum absolute atomic E-state index is 0.309. The lowest BCUT2D eigenvalue weighted by Crippen LogP contribution is -1.98. The van der Waals surface area contributed by atoms with Gasteiger partial charge in [-0.3, -0.25) is 4.68 Å². The molecule has 3 nitrogen and oxygen atoms in total. The Balaban J connectivity index is 1.74. The van der Waals surface area contributed by atoms with Gasteiger partial charge in [-0.2, -0.15) is 5.10 Å². The zero-order chi connectivity index (χ0) is 18.5. The fraction of sp³-hybridized carbons (Fsp3) is 0.381. The Bertz CT molecular complexity index is 891. The summed E-state index contributed by atoms with van der Waals surface area (Å²) in [7, 11) is 1.87. The lowest BCUT2D eigenvalue weighted by molar-refractivity contribution is 0.303. The summed E-state index contributed by atoms with van der Waals surface area (Å²) in [4.78, 5) is 0. The molecule has 0 N–H and O–H groups in total. The molecule has 1 aromatic heterocycles. The fourth-order valence-electron chi connectivity index (χ4n) is 3.10. The number of fused-ring (bicyclic) bond motifs is 1. The van der Waals surface area contributed by atoms with Crippen molar-refractivity contribution in [3.8, 4) is 17.0 Å². The van der Waals surface area contributed by atoms with Crippen molar-refractivity contribution < 1.29 is 9.13 Å². The highest BCUT2D eigenvalue weighted by Crippen LogP contribution is 2.32. The first kappa shape index (κ1) is 18.9. The molecule has 0 aliphatic carbocycles. The first-order chi connectivity index (χ1) is 12.6. The van der Waals surface area contributed by atoms with Gasteiger partial charge in [0.1, 0.15) is 17.3 Å². The van der Waals surface area contributed by atoms with Crippen molar-refractivity contribution >= 4 is 26.8 Å². The Labute approximate surface area is 162 Å². The van der Waals surface area contributed by atoms with Gasteiger partial charge in [0.25, 0.3) is 0 Å². The monoisotopic (exact) mass is 418 g/mol. The molecule has 3 aromatic rings. The van der Waals surface area contributed by atoms with Crippen molar-refractivity contribution in [3.63, 3.8) is 0 Å². The van der Waals surface area contributed by atoms with Crippen LogP contribution in [0.1, 0.15) is 39.0 Å². The predicted octanol–water partition coefficient (Wildman–Crippen LogP) is 6.49. The maximum atomic E-state index is 14.7. The molecule has 0 amide bonds. The van der Waals surface area contributed by atoms with Crippen molar-refractivity contribution in [1.82, 2.24) is 9.78 Å². The van der Waals surface area contributed by atoms with Crippen molar-refractivity contribution in [2.75, 3.05) is 6.61 Å². The van der Waals surface area contributed by atoms with Crippen LogP contribution >= 0.6 is 15.9 Å². The summed E-state index contributed by atoms with van der Waals surface area (Å²) in [5.41, 5.74) is 2.10. The second kappa shape index (κ2) is 8.67. The largest absolute Gasteiger partial charge is 0.493 e. The molecule has 0 atom stereocenters. The van der Waals surface area contributed by atoms with Crippen LogP contribution in [0.3, 0.4) is 0 Å². The van der Waals surface area contributed by atoms with Gasteiger partial charge in [0.05, 0.1) is 12.1 Å². The highest BCUT2D eigenvalue weighted by atomic mass is 79.9. The number of rotatable bonds is 8. The van der Waals surface area contributed by atoms with E-state index in [9.17, 15) is 4.39 Å². The Morgan fingerprint density at radius 1 is 1.08 bits per heavy atom. The number of aromatic nitrogens is 2. The van der Waals surface area contributed by atoms with Crippen LogP contribution in [0.15, 0.2) is 40.9 Å². The van der Waals surface area contributed by atoms with Crippen molar-refractivity contribution in [3.05, 3.63) is 46.7 Å². The van der Waals surface area contributed by atoms with E-state index in [2.05, 4.69) is 28.0 Å². The third kappa shape index (κ3) is 4.26. The summed E-state index contributed by atoms with van der Waals surface area (Å²) < 4.78 is 23.1. The molecule has 0 aliphatic heterocycles. The van der Waals surface area contributed by atoms with Gasteiger partial charge in [-0.15, -0.1) is 0 Å². The molecule has 0 bridgehead atoms. The Kier molecular flexibility index (Phi) is 6.30. The van der Waals surface area contributed by atoms with E-state index in [1.165, 1.54) is 25.3 Å². The standard InChI is InChI=1S/C21H24BrFN2O/c1-3-4-5-6-7-12-26-16-9-11-17(19(23)14-16)21-18-10-8-15(22)13-20(18)25(2)24-21/h8-11,13-14H,3-7,12H2,1-2H3. The van der Waals surface area contributed by atoms with Crippen LogP contribution < -0.4 is 4.74 Å². The first-order valence-electron chi connectivity index (χ1n) is 9.15. The molecule has 1 heterocycles. The highest BCUT2D eigenvalue weighted by molar-refractivity contribution is 9.10. The summed E-state index contributed by atoms with van der Waals surface area (Å²) in [5.74, 6) is 0.265. The Morgan fingerprint density at radius 2 is 1.88 bits per heavy atom. The van der Waals surface area contributed by atoms with E-state index in [1.807, 2.05) is 31.3 Å². The normalized spacial score (nSPS) is 11.2. The number of aryl methyl sites for hydroxylation is 1. The molecule has 0 fully saturated rings. The number of nitrogens with zero attached hydrogens (tertiary/aromatic N) is 2. The molecule has 0 spiro atoms. The molecule has 2 aromatic carbocycles. The maximum absolute atomic E-state index is 14.7. The van der Waals surface area contributed by atoms with Crippen LogP contribution in [-0.4, -0.2) is 16.4 Å². The predicted molar refractivity (Wildman–Crippen MR) is 108 cm³/mol. The van der Waals surface area contributed by atoms with E-state index < -0.39 is 0 Å². The molecular weight excluding hydrogens is 395 g/mol. The first-order valence-corrected chi connectivity index (χ1v) is 9.94. The summed E-state index contributed by atoms with van der Waals surface area (Å²) in [6.45, 7) is 2.83. The second-order valence-corrected chi connectivity index (χ2v) is 7.45. The zero-order valence-electron chi connectivity index (χ0n) is 15.3. The number of benzene rings is 2. The molecule has 0 saturated carbocycles. The van der Waals surface area contributed by atoms with Gasteiger partial charge < -0.3 is 4.74 Å². The molecule has 5 heteroatoms. The quantitative estimate of drug-likeness (QED) is 0.390. The minimum atomic E-state index is -0.309. The molecular formula is C21H24BrFN2O. The Morgan fingerprint density at radius 3 is 2.65 bits per heavy atom. The van der Waals surface area contributed by atoms with Gasteiger partial charge >= 0.3 is 0 Å². The third-order valence-electron chi connectivity index (χ3n) is 4.53. The van der Waals surface area contributed by atoms with Crippen LogP contribution in [0.4, 0.5) is 4.39 Å². The third-order valence-corrected chi connectivity index (χ3v) is 5.02. The summed E-state index contributed by atoms with van der Waals surface area (Å²) >= 11 is 3.47. The van der Waals surface area contributed by atoms with E-state index in [0.29, 0.717) is 23.6 Å². The minimum Gasteiger partial charge on any atom is -0.493 e. The van der Waals surface area contributed by atoms with Crippen LogP contribution in [0.25, 0.3) is 22.2 Å². The fourth-order valence-corrected chi connectivity index (χ4v) is 3.45. The van der Waals surface area contributed by atoms with E-state index in [1.54, 1.807) is 10.7 Å². The van der Waals surface area contributed by atoms with E-state index in [-0.39, 0.29) is 5.82 Å². The number of hydrogen-bond donors (Lipinski definition) is 0. The highest BCUT2D eigenvalue weighted by Gasteiger charge is 2.15. The molecule has 0 unspecified atom stereocenters. The SMILES string of the molecule is CCCCCCCOc1ccc(-c2nn(C)c3cc(Br)ccc23)c(F)c1. The van der Waals surface area contributed by atoms with E-state index >= 15 is 0 Å². The van der Waals surface area contributed by atoms with Crippen molar-refractivity contribution in [2.45, 2.75) is 39.0 Å². The van der Waals surface area contributed by atoms with Gasteiger partial charge in [0, 0.05) is 28.5 Å². The van der Waals surface area contributed by atoms with Gasteiger partial charge in [-0.05, 0) is 36.8 Å². The van der Waals surface area contributed by atoms with Crippen LogP contribution in [0, 0.1) is 5.82 Å². The van der Waals surface area contributed by atoms with Crippen molar-refractivity contribution in [1.29, 1.82) is 0 Å². The number of halogens is 2. The van der Waals surface area contributed by atoms with E-state index in [4.69, 9.17) is 4.74 Å². The molecule has 3 rings (SSSR count). The maximum Gasteiger partial charge on any atom is 0.136 e. The Hall–Kier alpha value is -1.88. The summed E-state index contributed by atoms with van der Waals surface area (Å²) in [6.07, 6.45) is 5.88. The van der Waals surface area contributed by atoms with Gasteiger partial charge in [-0.1, -0.05) is 48.5 Å². The van der Waals surface area contributed by atoms with Crippen LogP contribution in [0.2, 0.25) is 0 Å². The van der Waals surface area contributed by atoms with Crippen LogP contribution in [0.5, 0.6) is 5.75 Å².